The zero-order valence-corrected chi connectivity index (χ0v) is 29.0. The van der Waals surface area contributed by atoms with Gasteiger partial charge in [-0.25, -0.2) is 9.59 Å². The fourth-order valence-corrected chi connectivity index (χ4v) is 7.92. The molecular formula is C40H52N2O4. The van der Waals surface area contributed by atoms with Crippen LogP contribution in [0.5, 0.6) is 0 Å². The summed E-state index contributed by atoms with van der Waals surface area (Å²) >= 11 is 0. The molecule has 2 saturated carbocycles. The van der Waals surface area contributed by atoms with Gasteiger partial charge in [0, 0.05) is 0 Å². The summed E-state index contributed by atoms with van der Waals surface area (Å²) in [4.78, 5) is 30.0. The molecule has 2 aromatic carbocycles. The van der Waals surface area contributed by atoms with E-state index in [4.69, 9.17) is 9.47 Å². The predicted octanol–water partition coefficient (Wildman–Crippen LogP) is 8.53. The Balaban J connectivity index is 1.96. The summed E-state index contributed by atoms with van der Waals surface area (Å²) in [5.74, 6) is -0.350. The molecule has 0 aromatic heterocycles. The van der Waals surface area contributed by atoms with Crippen LogP contribution in [0.3, 0.4) is 0 Å². The summed E-state index contributed by atoms with van der Waals surface area (Å²) in [6.45, 7) is 16.6. The quantitative estimate of drug-likeness (QED) is 0.259. The van der Waals surface area contributed by atoms with E-state index in [-0.39, 0.29) is 34.8 Å². The molecule has 6 heteroatoms. The number of benzene rings is 2. The number of aryl methyl sites for hydroxylation is 2. The van der Waals surface area contributed by atoms with E-state index in [9.17, 15) is 20.1 Å². The summed E-state index contributed by atoms with van der Waals surface area (Å²) in [6.07, 6.45) is 4.32. The maximum absolute atomic E-state index is 15.0. The van der Waals surface area contributed by atoms with Crippen LogP contribution in [-0.2, 0) is 29.9 Å². The Bertz CT molecular complexity index is 1340. The first kappa shape index (κ1) is 35.2. The van der Waals surface area contributed by atoms with Gasteiger partial charge in [0.1, 0.15) is 12.2 Å². The van der Waals surface area contributed by atoms with E-state index in [0.29, 0.717) is 24.7 Å². The lowest BCUT2D eigenvalue weighted by Gasteiger charge is -2.43. The molecule has 6 nitrogen and oxygen atoms in total. The molecule has 246 valence electrons. The van der Waals surface area contributed by atoms with Crippen LogP contribution >= 0.6 is 0 Å². The molecule has 0 bridgehead atoms. The molecule has 0 amide bonds. The molecule has 2 aliphatic rings. The van der Waals surface area contributed by atoms with Crippen LogP contribution < -0.4 is 0 Å². The Morgan fingerprint density at radius 1 is 0.652 bits per heavy atom. The van der Waals surface area contributed by atoms with Crippen molar-refractivity contribution in [1.82, 2.24) is 0 Å². The number of nitriles is 2. The molecule has 0 heterocycles. The van der Waals surface area contributed by atoms with Gasteiger partial charge in [-0.05, 0) is 86.2 Å². The molecule has 0 N–H and O–H groups in total. The summed E-state index contributed by atoms with van der Waals surface area (Å²) < 4.78 is 12.9. The average Bonchev–Trinajstić information content (AvgIpc) is 3.00. The molecule has 0 spiro atoms. The van der Waals surface area contributed by atoms with E-state index >= 15 is 0 Å². The van der Waals surface area contributed by atoms with E-state index in [0.717, 1.165) is 36.8 Å². The van der Waals surface area contributed by atoms with Crippen molar-refractivity contribution in [2.75, 3.05) is 0 Å². The molecule has 46 heavy (non-hydrogen) atoms. The van der Waals surface area contributed by atoms with Gasteiger partial charge in [-0.1, -0.05) is 114 Å². The van der Waals surface area contributed by atoms with Crippen molar-refractivity contribution in [3.63, 3.8) is 0 Å². The molecular weight excluding hydrogens is 572 g/mol. The summed E-state index contributed by atoms with van der Waals surface area (Å²) in [7, 11) is 0. The maximum atomic E-state index is 15.0. The largest absolute Gasteiger partial charge is 0.461 e. The first-order valence-corrected chi connectivity index (χ1v) is 17.2. The molecule has 0 saturated heterocycles. The van der Waals surface area contributed by atoms with E-state index in [1.165, 1.54) is 0 Å². The van der Waals surface area contributed by atoms with Crippen molar-refractivity contribution >= 4 is 11.9 Å². The van der Waals surface area contributed by atoms with Gasteiger partial charge in [-0.3, -0.25) is 0 Å². The van der Waals surface area contributed by atoms with Gasteiger partial charge in [0.15, 0.2) is 0 Å². The number of esters is 2. The monoisotopic (exact) mass is 624 g/mol. The number of nitrogens with zero attached hydrogens (tertiary/aromatic N) is 2. The smallest absolute Gasteiger partial charge is 0.334 e. The van der Waals surface area contributed by atoms with E-state index in [2.05, 4.69) is 53.7 Å². The second-order valence-corrected chi connectivity index (χ2v) is 15.0. The first-order chi connectivity index (χ1) is 21.8. The van der Waals surface area contributed by atoms with Gasteiger partial charge in [0.25, 0.3) is 0 Å². The Morgan fingerprint density at radius 2 is 0.978 bits per heavy atom. The Kier molecular flexibility index (Phi) is 11.0. The molecule has 2 aromatic rings. The molecule has 2 aliphatic carbocycles. The van der Waals surface area contributed by atoms with Gasteiger partial charge in [0.2, 0.25) is 10.8 Å². The lowest BCUT2D eigenvalue weighted by molar-refractivity contribution is -0.173. The van der Waals surface area contributed by atoms with E-state index < -0.39 is 35.0 Å². The highest BCUT2D eigenvalue weighted by Crippen LogP contribution is 2.49. The van der Waals surface area contributed by atoms with Crippen LogP contribution in [0.15, 0.2) is 48.5 Å². The zero-order valence-electron chi connectivity index (χ0n) is 29.0. The minimum atomic E-state index is -2.34. The molecule has 0 aliphatic heterocycles. The van der Waals surface area contributed by atoms with Gasteiger partial charge in [0.05, 0.1) is 12.1 Å². The maximum Gasteiger partial charge on any atom is 0.334 e. The minimum absolute atomic E-state index is 0.105. The molecule has 0 radical (unpaired) electrons. The normalized spacial score (nSPS) is 27.5. The third-order valence-electron chi connectivity index (χ3n) is 10.9. The van der Waals surface area contributed by atoms with Crippen LogP contribution in [0.4, 0.5) is 0 Å². The van der Waals surface area contributed by atoms with Crippen molar-refractivity contribution in [3.05, 3.63) is 70.8 Å². The van der Waals surface area contributed by atoms with Crippen molar-refractivity contribution in [2.24, 2.45) is 35.5 Å². The lowest BCUT2D eigenvalue weighted by atomic mass is 9.57. The predicted molar refractivity (Wildman–Crippen MR) is 179 cm³/mol. The minimum Gasteiger partial charge on any atom is -0.461 e. The first-order valence-electron chi connectivity index (χ1n) is 17.2. The zero-order chi connectivity index (χ0) is 33.8. The SMILES string of the molecule is Cc1ccc([C@](C#N)(C(=O)O[C@@H]2C[C@H](C)CC[C@H]2C(C)C)[C@](C#N)(C(=O)O[C@@H]2C[C@H](C)CC[C@H]2C(C)C)c2ccc(C)cc2)cc1. The standard InChI is InChI=1S/C40H52N2O4/c1-25(2)33-19-13-29(7)21-35(33)45-37(43)39(23-41,31-15-9-27(5)10-16-31)40(24-42,32-17-11-28(6)12-18-32)38(44)46-36-22-30(8)14-20-34(36)26(3)4/h9-12,15-18,25-26,29-30,33-36H,13-14,19-22H2,1-8H3/t29-,30-,33+,34+,35-,36-,39-,40+/m1/s1. The number of hydrogen-bond acceptors (Lipinski definition) is 6. The highest BCUT2D eigenvalue weighted by atomic mass is 16.6. The van der Waals surface area contributed by atoms with Crippen molar-refractivity contribution < 1.29 is 19.1 Å². The van der Waals surface area contributed by atoms with Crippen LogP contribution in [0.2, 0.25) is 0 Å². The number of carbonyl (C=O) groups excluding carboxylic acids is 2. The number of carbonyl (C=O) groups is 2. The third kappa shape index (κ3) is 6.60. The van der Waals surface area contributed by atoms with Crippen molar-refractivity contribution in [3.8, 4) is 12.1 Å². The highest BCUT2D eigenvalue weighted by molar-refractivity contribution is 6.02. The number of rotatable bonds is 9. The van der Waals surface area contributed by atoms with Gasteiger partial charge >= 0.3 is 11.9 Å². The van der Waals surface area contributed by atoms with Crippen LogP contribution in [0.25, 0.3) is 0 Å². The fraction of sp³-hybridized carbons (Fsp3) is 0.600. The molecule has 4 rings (SSSR count). The van der Waals surface area contributed by atoms with E-state index in [1.54, 1.807) is 48.5 Å². The van der Waals surface area contributed by atoms with E-state index in [1.807, 2.05) is 13.8 Å². The topological polar surface area (TPSA) is 100 Å². The number of hydrogen-bond donors (Lipinski definition) is 0. The summed E-state index contributed by atoms with van der Waals surface area (Å²) in [5, 5.41) is 22.7. The summed E-state index contributed by atoms with van der Waals surface area (Å²) in [6, 6.07) is 18.4. The lowest BCUT2D eigenvalue weighted by Crippen LogP contribution is -2.60. The Hall–Kier alpha value is -3.64. The number of ether oxygens (including phenoxy) is 2. The summed E-state index contributed by atoms with van der Waals surface area (Å²) in [5.41, 5.74) is -2.35. The van der Waals surface area contributed by atoms with Crippen LogP contribution in [0.1, 0.15) is 102 Å². The third-order valence-corrected chi connectivity index (χ3v) is 10.9. The molecule has 2 fully saturated rings. The van der Waals surface area contributed by atoms with Gasteiger partial charge < -0.3 is 9.47 Å². The van der Waals surface area contributed by atoms with Crippen molar-refractivity contribution in [2.45, 2.75) is 117 Å². The Morgan fingerprint density at radius 3 is 1.26 bits per heavy atom. The average molecular weight is 625 g/mol. The van der Waals surface area contributed by atoms with Crippen LogP contribution in [0, 0.1) is 72.0 Å². The van der Waals surface area contributed by atoms with Gasteiger partial charge in [-0.2, -0.15) is 10.5 Å². The second-order valence-electron chi connectivity index (χ2n) is 15.0. The second kappa shape index (κ2) is 14.4. The van der Waals surface area contributed by atoms with Crippen LogP contribution in [-0.4, -0.2) is 24.1 Å². The molecule has 8 atom stereocenters. The fourth-order valence-electron chi connectivity index (χ4n) is 7.92. The Labute approximate surface area is 276 Å². The van der Waals surface area contributed by atoms with Crippen molar-refractivity contribution in [1.29, 1.82) is 10.5 Å². The molecule has 0 unspecified atom stereocenters. The highest BCUT2D eigenvalue weighted by Gasteiger charge is 2.68. The van der Waals surface area contributed by atoms with Gasteiger partial charge in [-0.15, -0.1) is 0 Å².